The van der Waals surface area contributed by atoms with E-state index in [9.17, 15) is 35.5 Å². The Hall–Kier alpha value is -1.28. The highest BCUT2D eigenvalue weighted by Crippen LogP contribution is 2.42. The van der Waals surface area contributed by atoms with Crippen molar-refractivity contribution < 1.29 is 40.6 Å². The summed E-state index contributed by atoms with van der Waals surface area (Å²) in [5, 5.41) is 7.75. The number of alkyl halides is 5. The second-order valence-electron chi connectivity index (χ2n) is 2.37. The second kappa shape index (κ2) is 4.07. The summed E-state index contributed by atoms with van der Waals surface area (Å²) in [4.78, 5) is 9.70. The molecule has 0 aliphatic heterocycles. The largest absolute Gasteiger partial charge is 0.476 e. The summed E-state index contributed by atoms with van der Waals surface area (Å²) >= 11 is 0. The zero-order valence-electron chi connectivity index (χ0n) is 6.71. The van der Waals surface area contributed by atoms with E-state index in [0.717, 1.165) is 0 Å². The van der Waals surface area contributed by atoms with Crippen molar-refractivity contribution in [2.45, 2.75) is 11.8 Å². The van der Waals surface area contributed by atoms with Gasteiger partial charge in [-0.1, -0.05) is 0 Å². The number of hydrogen-bond acceptors (Lipinski definition) is 1. The van der Waals surface area contributed by atoms with Crippen molar-refractivity contribution in [1.82, 2.24) is 0 Å². The summed E-state index contributed by atoms with van der Waals surface area (Å²) in [5.41, 5.74) is -5.27. The molecule has 1 N–H and O–H groups in total. The Morgan fingerprint density at radius 2 is 1.53 bits per heavy atom. The van der Waals surface area contributed by atoms with Gasteiger partial charge in [-0.15, -0.1) is 0 Å². The number of carbonyl (C=O) groups is 1. The van der Waals surface area contributed by atoms with Crippen LogP contribution in [0.5, 0.6) is 0 Å². The van der Waals surface area contributed by atoms with Gasteiger partial charge in [-0.05, 0) is 0 Å². The normalized spacial score (nSPS) is 18.1. The molecule has 9 heteroatoms. The fraction of sp³-hybridized carbons (Fsp3) is 0.500. The number of hydrogen-bond donors (Lipinski definition) is 1. The van der Waals surface area contributed by atoms with Crippen LogP contribution in [0.25, 0.3) is 0 Å². The summed E-state index contributed by atoms with van der Waals surface area (Å²) in [7, 11) is 0. The Morgan fingerprint density at radius 1 is 1.13 bits per heavy atom. The molecule has 0 rings (SSSR count). The molecule has 0 spiro atoms. The van der Waals surface area contributed by atoms with Crippen molar-refractivity contribution in [1.29, 1.82) is 0 Å². The first-order valence-corrected chi connectivity index (χ1v) is 3.18. The Balaban J connectivity index is 5.52. The first-order valence-electron chi connectivity index (χ1n) is 3.18. The minimum Gasteiger partial charge on any atom is -0.476 e. The van der Waals surface area contributed by atoms with Crippen LogP contribution in [0.15, 0.2) is 11.7 Å². The van der Waals surface area contributed by atoms with Crippen LogP contribution in [0.2, 0.25) is 0 Å². The van der Waals surface area contributed by atoms with Crippen molar-refractivity contribution in [2.24, 2.45) is 0 Å². The van der Waals surface area contributed by atoms with Gasteiger partial charge in [-0.25, -0.2) is 18.0 Å². The molecule has 0 unspecified atom stereocenters. The topological polar surface area (TPSA) is 37.3 Å². The van der Waals surface area contributed by atoms with Crippen LogP contribution in [0.1, 0.15) is 0 Å². The Bertz CT molecular complexity index is 294. The highest BCUT2D eigenvalue weighted by atomic mass is 19.4. The van der Waals surface area contributed by atoms with Crippen LogP contribution < -0.4 is 0 Å². The molecule has 0 heterocycles. The van der Waals surface area contributed by atoms with Gasteiger partial charge in [0.2, 0.25) is 5.83 Å². The van der Waals surface area contributed by atoms with Crippen molar-refractivity contribution in [3.8, 4) is 0 Å². The van der Waals surface area contributed by atoms with E-state index in [1.807, 2.05) is 0 Å². The second-order valence-corrected chi connectivity index (χ2v) is 2.37. The molecule has 0 radical (unpaired) electrons. The van der Waals surface area contributed by atoms with Crippen LogP contribution >= 0.6 is 0 Å². The fourth-order valence-corrected chi connectivity index (χ4v) is 0.527. The van der Waals surface area contributed by atoms with Gasteiger partial charge >= 0.3 is 12.1 Å². The molecule has 0 aromatic heterocycles. The smallest absolute Gasteiger partial charge is 0.431 e. The molecule has 0 saturated heterocycles. The maximum Gasteiger partial charge on any atom is 0.431 e. The van der Waals surface area contributed by atoms with Gasteiger partial charge in [0, 0.05) is 0 Å². The maximum atomic E-state index is 12.6. The third kappa shape index (κ3) is 2.39. The Morgan fingerprint density at radius 3 is 1.73 bits per heavy atom. The molecule has 1 atom stereocenters. The van der Waals surface area contributed by atoms with Gasteiger partial charge in [0.25, 0.3) is 5.67 Å². The summed E-state index contributed by atoms with van der Waals surface area (Å²) in [5.74, 6) is -9.12. The number of rotatable bonds is 3. The van der Waals surface area contributed by atoms with E-state index in [-0.39, 0.29) is 0 Å². The first kappa shape index (κ1) is 13.7. The van der Waals surface area contributed by atoms with Gasteiger partial charge in [0.15, 0.2) is 5.83 Å². The van der Waals surface area contributed by atoms with Gasteiger partial charge < -0.3 is 5.11 Å². The monoisotopic (exact) mass is 240 g/mol. The average molecular weight is 240 g/mol. The van der Waals surface area contributed by atoms with E-state index < -0.39 is 36.1 Å². The summed E-state index contributed by atoms with van der Waals surface area (Å²) < 4.78 is 84.0. The lowest BCUT2D eigenvalue weighted by Gasteiger charge is -2.22. The van der Waals surface area contributed by atoms with E-state index in [0.29, 0.717) is 0 Å². The molecule has 0 aromatic carbocycles. The lowest BCUT2D eigenvalue weighted by molar-refractivity contribution is -0.226. The molecule has 0 bridgehead atoms. The number of aliphatic carboxylic acids is 1. The van der Waals surface area contributed by atoms with Crippen LogP contribution in [-0.2, 0) is 4.79 Å². The zero-order chi connectivity index (χ0) is 12.4. The van der Waals surface area contributed by atoms with Crippen LogP contribution in [0.4, 0.5) is 30.7 Å². The quantitative estimate of drug-likeness (QED) is 0.607. The predicted octanol–water partition coefficient (Wildman–Crippen LogP) is 2.46. The highest BCUT2D eigenvalue weighted by molar-refractivity contribution is 5.84. The fourth-order valence-electron chi connectivity index (χ4n) is 0.527. The minimum atomic E-state index is -6.08. The van der Waals surface area contributed by atoms with Crippen molar-refractivity contribution in [3.05, 3.63) is 11.7 Å². The van der Waals surface area contributed by atoms with Crippen LogP contribution in [0.3, 0.4) is 0 Å². The third-order valence-electron chi connectivity index (χ3n) is 1.36. The predicted molar refractivity (Wildman–Crippen MR) is 32.7 cm³/mol. The SMILES string of the molecule is O=C(O)/C(F)=C(/F)[C@](F)(CF)C(F)(F)F. The van der Waals surface area contributed by atoms with E-state index in [4.69, 9.17) is 5.11 Å². The number of carboxylic acid groups (broad SMARTS) is 1. The molecule has 88 valence electrons. The molecular formula is C6H3F7O2. The molecule has 15 heavy (non-hydrogen) atoms. The average Bonchev–Trinajstić information content (AvgIpc) is 2.12. The van der Waals surface area contributed by atoms with E-state index >= 15 is 0 Å². The third-order valence-corrected chi connectivity index (χ3v) is 1.36. The minimum absolute atomic E-state index is 2.76. The van der Waals surface area contributed by atoms with E-state index in [2.05, 4.69) is 0 Å². The van der Waals surface area contributed by atoms with Crippen LogP contribution in [0, 0.1) is 0 Å². The Kier molecular flexibility index (Phi) is 3.72. The molecule has 0 aliphatic rings. The summed E-state index contributed by atoms with van der Waals surface area (Å²) in [6.07, 6.45) is -6.08. The molecule has 0 aliphatic carbocycles. The standard InChI is InChI=1S/C6H3F7O2/c7-1-5(10,6(11,12)13)3(9)2(8)4(14)15/h1H2,(H,14,15)/b3-2-/t5-/m1/s1. The number of halogens is 7. The Labute approximate surface area is 78.0 Å². The lowest BCUT2D eigenvalue weighted by atomic mass is 10.1. The highest BCUT2D eigenvalue weighted by Gasteiger charge is 2.61. The summed E-state index contributed by atoms with van der Waals surface area (Å²) in [6, 6.07) is 0. The van der Waals surface area contributed by atoms with Crippen molar-refractivity contribution in [2.75, 3.05) is 6.67 Å². The summed E-state index contributed by atoms with van der Waals surface area (Å²) in [6.45, 7) is -2.96. The van der Waals surface area contributed by atoms with E-state index in [1.165, 1.54) is 0 Å². The number of carboxylic acids is 1. The van der Waals surface area contributed by atoms with Gasteiger partial charge in [0.1, 0.15) is 6.67 Å². The van der Waals surface area contributed by atoms with E-state index in [1.54, 1.807) is 0 Å². The van der Waals surface area contributed by atoms with Crippen molar-refractivity contribution >= 4 is 5.97 Å². The first-order chi connectivity index (χ1) is 6.58. The molecular weight excluding hydrogens is 237 g/mol. The van der Waals surface area contributed by atoms with Crippen molar-refractivity contribution in [3.63, 3.8) is 0 Å². The molecule has 0 saturated carbocycles. The van der Waals surface area contributed by atoms with Gasteiger partial charge in [-0.3, -0.25) is 0 Å². The van der Waals surface area contributed by atoms with Gasteiger partial charge in [-0.2, -0.15) is 17.6 Å². The van der Waals surface area contributed by atoms with Crippen LogP contribution in [-0.4, -0.2) is 29.6 Å². The number of allylic oxidation sites excluding steroid dienone is 1. The molecule has 0 amide bonds. The molecule has 0 aromatic rings. The molecule has 0 fully saturated rings. The maximum absolute atomic E-state index is 12.6. The zero-order valence-corrected chi connectivity index (χ0v) is 6.71. The molecule has 2 nitrogen and oxygen atoms in total. The lowest BCUT2D eigenvalue weighted by Crippen LogP contribution is -2.44. The van der Waals surface area contributed by atoms with Gasteiger partial charge in [0.05, 0.1) is 0 Å².